The Balaban J connectivity index is 0.00000448. The maximum Gasteiger partial charge on any atom is 2.00 e. The van der Waals surface area contributed by atoms with Crippen LogP contribution >= 0.6 is 0 Å². The molecule has 3 heterocycles. The summed E-state index contributed by atoms with van der Waals surface area (Å²) >= 11 is 0. The molecule has 0 aliphatic heterocycles. The Bertz CT molecular complexity index is 2350. The topological polar surface area (TPSA) is 44.9 Å². The van der Waals surface area contributed by atoms with Gasteiger partial charge < -0.3 is 9.30 Å². The first kappa shape index (κ1) is 36.3. The fourth-order valence-electron chi connectivity index (χ4n) is 7.27. The van der Waals surface area contributed by atoms with Gasteiger partial charge in [0.15, 0.2) is 0 Å². The van der Waals surface area contributed by atoms with Gasteiger partial charge in [0.05, 0.1) is 11.4 Å². The Labute approximate surface area is 316 Å². The molecular formula is C45H46N4OPd. The van der Waals surface area contributed by atoms with Gasteiger partial charge in [-0.05, 0) is 84.6 Å². The molecule has 4 aromatic carbocycles. The Morgan fingerprint density at radius 3 is 2.25 bits per heavy atom. The fraction of sp³-hybridized carbons (Fsp3) is 0.289. The number of hydrogen-bond acceptors (Lipinski definition) is 3. The van der Waals surface area contributed by atoms with Gasteiger partial charge in [-0.3, -0.25) is 4.68 Å². The average molecular weight is 765 g/mol. The number of aromatic nitrogens is 4. The molecule has 0 aliphatic carbocycles. The van der Waals surface area contributed by atoms with Gasteiger partial charge in [-0.1, -0.05) is 89.9 Å². The molecule has 6 heteroatoms. The third kappa shape index (κ3) is 6.80. The number of aryl methyl sites for hydroxylation is 4. The molecule has 0 spiro atoms. The van der Waals surface area contributed by atoms with E-state index in [2.05, 4.69) is 156 Å². The van der Waals surface area contributed by atoms with E-state index in [1.54, 1.807) is 0 Å². The van der Waals surface area contributed by atoms with E-state index < -0.39 is 0 Å². The first-order chi connectivity index (χ1) is 23.9. The van der Waals surface area contributed by atoms with Crippen molar-refractivity contribution in [2.24, 2.45) is 0 Å². The van der Waals surface area contributed by atoms with Crippen LogP contribution in [0.25, 0.3) is 44.4 Å². The van der Waals surface area contributed by atoms with E-state index in [4.69, 9.17) is 14.8 Å². The molecule has 7 aromatic rings. The first-order valence-corrected chi connectivity index (χ1v) is 17.8. The zero-order valence-electron chi connectivity index (χ0n) is 31.1. The minimum absolute atomic E-state index is 0. The standard InChI is InChI=1S/C45H46N4O.Pd/c1-10-14-32-21-22-46-41(23-32)48-39-18-12-11-17-37(39)38-20-19-35(27-40(38)48)50-36-25-33(28(2)3)24-34(26-36)49-44(45(7,8)9)43(31(6)47-49)42-29(4)15-13-16-30(42)5;/h11-13,15-25,28H,10,14H2,1-9H3;/q-2;+2. The van der Waals surface area contributed by atoms with E-state index in [-0.39, 0.29) is 31.8 Å². The molecule has 7 rings (SSSR count). The summed E-state index contributed by atoms with van der Waals surface area (Å²) < 4.78 is 11.0. The van der Waals surface area contributed by atoms with Gasteiger partial charge in [0.2, 0.25) is 0 Å². The van der Waals surface area contributed by atoms with Crippen molar-refractivity contribution in [3.63, 3.8) is 0 Å². The van der Waals surface area contributed by atoms with Crippen LogP contribution in [-0.2, 0) is 32.3 Å². The summed E-state index contributed by atoms with van der Waals surface area (Å²) in [6, 6.07) is 35.0. The van der Waals surface area contributed by atoms with Crippen molar-refractivity contribution < 1.29 is 25.2 Å². The zero-order valence-corrected chi connectivity index (χ0v) is 32.6. The van der Waals surface area contributed by atoms with Crippen LogP contribution in [0.15, 0.2) is 85.1 Å². The van der Waals surface area contributed by atoms with Crippen molar-refractivity contribution >= 4 is 21.8 Å². The fourth-order valence-corrected chi connectivity index (χ4v) is 7.27. The van der Waals surface area contributed by atoms with Crippen molar-refractivity contribution in [1.82, 2.24) is 19.3 Å². The normalized spacial score (nSPS) is 11.8. The van der Waals surface area contributed by atoms with Crippen LogP contribution in [0.5, 0.6) is 11.5 Å². The van der Waals surface area contributed by atoms with E-state index in [1.807, 2.05) is 12.3 Å². The number of pyridine rings is 1. The van der Waals surface area contributed by atoms with Crippen LogP contribution in [-0.4, -0.2) is 19.3 Å². The van der Waals surface area contributed by atoms with Crippen LogP contribution in [0.1, 0.15) is 87.5 Å². The smallest absolute Gasteiger partial charge is 0.509 e. The summed E-state index contributed by atoms with van der Waals surface area (Å²) in [6.07, 6.45) is 3.99. The molecule has 0 unspecified atom stereocenters. The molecule has 0 saturated heterocycles. The third-order valence-corrected chi connectivity index (χ3v) is 9.60. The third-order valence-electron chi connectivity index (χ3n) is 9.60. The second kappa shape index (κ2) is 14.3. The van der Waals surface area contributed by atoms with Crippen molar-refractivity contribution in [2.75, 3.05) is 0 Å². The van der Waals surface area contributed by atoms with Crippen molar-refractivity contribution in [1.29, 1.82) is 0 Å². The number of hydrogen-bond donors (Lipinski definition) is 0. The van der Waals surface area contributed by atoms with Crippen LogP contribution in [0.3, 0.4) is 0 Å². The zero-order chi connectivity index (χ0) is 35.3. The predicted octanol–water partition coefficient (Wildman–Crippen LogP) is 11.7. The molecule has 0 fully saturated rings. The molecule has 0 amide bonds. The summed E-state index contributed by atoms with van der Waals surface area (Å²) in [6.45, 7) is 19.9. The van der Waals surface area contributed by atoms with E-state index >= 15 is 0 Å². The molecule has 0 aliphatic rings. The maximum absolute atomic E-state index is 6.69. The molecule has 0 saturated carbocycles. The quantitative estimate of drug-likeness (QED) is 0.114. The largest absolute Gasteiger partial charge is 2.00 e. The molecule has 5 nitrogen and oxygen atoms in total. The number of rotatable bonds is 8. The average Bonchev–Trinajstić information content (AvgIpc) is 3.59. The van der Waals surface area contributed by atoms with Crippen molar-refractivity contribution in [3.05, 3.63) is 131 Å². The van der Waals surface area contributed by atoms with Crippen LogP contribution in [0, 0.1) is 32.9 Å². The van der Waals surface area contributed by atoms with Crippen molar-refractivity contribution in [3.8, 4) is 34.1 Å². The molecule has 51 heavy (non-hydrogen) atoms. The van der Waals surface area contributed by atoms with Gasteiger partial charge in [-0.15, -0.1) is 41.3 Å². The van der Waals surface area contributed by atoms with Gasteiger partial charge in [0, 0.05) is 34.2 Å². The summed E-state index contributed by atoms with van der Waals surface area (Å²) in [7, 11) is 0. The Morgan fingerprint density at radius 2 is 1.55 bits per heavy atom. The Morgan fingerprint density at radius 1 is 0.804 bits per heavy atom. The second-order valence-electron chi connectivity index (χ2n) is 14.9. The summed E-state index contributed by atoms with van der Waals surface area (Å²) in [5.41, 5.74) is 12.2. The van der Waals surface area contributed by atoms with E-state index in [0.29, 0.717) is 11.5 Å². The first-order valence-electron chi connectivity index (χ1n) is 17.8. The molecule has 0 atom stereocenters. The molecule has 0 radical (unpaired) electrons. The predicted molar refractivity (Wildman–Crippen MR) is 206 cm³/mol. The van der Waals surface area contributed by atoms with Crippen LogP contribution in [0.4, 0.5) is 0 Å². The van der Waals surface area contributed by atoms with E-state index in [0.717, 1.165) is 63.1 Å². The van der Waals surface area contributed by atoms with Gasteiger partial charge >= 0.3 is 20.4 Å². The van der Waals surface area contributed by atoms with Crippen LogP contribution < -0.4 is 4.74 Å². The Hall–Kier alpha value is -4.50. The molecular weight excluding hydrogens is 719 g/mol. The van der Waals surface area contributed by atoms with Gasteiger partial charge in [-0.2, -0.15) is 11.2 Å². The summed E-state index contributed by atoms with van der Waals surface area (Å²) in [5.74, 6) is 2.41. The van der Waals surface area contributed by atoms with E-state index in [1.165, 1.54) is 27.8 Å². The minimum atomic E-state index is -0.192. The van der Waals surface area contributed by atoms with Crippen LogP contribution in [0.2, 0.25) is 0 Å². The number of ether oxygens (including phenoxy) is 1. The molecule has 0 bridgehead atoms. The number of nitrogens with zero attached hydrogens (tertiary/aromatic N) is 4. The monoisotopic (exact) mass is 764 g/mol. The SMILES string of the molecule is CCCc1ccnc(-n2c3[c-]c(Oc4[c-]c(-n5nc(C)c(-c6c(C)cccc6C)c5C(C)(C)C)cc(C(C)C)c4)ccc3c3ccccc32)c1.[Pd+2]. The maximum atomic E-state index is 6.69. The Kier molecular flexibility index (Phi) is 10.1. The van der Waals surface area contributed by atoms with Gasteiger partial charge in [0.25, 0.3) is 0 Å². The van der Waals surface area contributed by atoms with Gasteiger partial charge in [-0.25, -0.2) is 4.98 Å². The summed E-state index contributed by atoms with van der Waals surface area (Å²) in [5, 5.41) is 7.46. The summed E-state index contributed by atoms with van der Waals surface area (Å²) in [4.78, 5) is 4.81. The van der Waals surface area contributed by atoms with Crippen molar-refractivity contribution in [2.45, 2.75) is 86.5 Å². The second-order valence-corrected chi connectivity index (χ2v) is 14.9. The number of para-hydroxylation sites is 1. The minimum Gasteiger partial charge on any atom is -0.509 e. The molecule has 262 valence electrons. The van der Waals surface area contributed by atoms with E-state index in [9.17, 15) is 0 Å². The molecule has 3 aromatic heterocycles. The number of fused-ring (bicyclic) bond motifs is 3. The molecule has 0 N–H and O–H groups in total. The van der Waals surface area contributed by atoms with Gasteiger partial charge in [0.1, 0.15) is 5.82 Å². The number of benzene rings is 4.